The summed E-state index contributed by atoms with van der Waals surface area (Å²) in [6.07, 6.45) is 12.8. The first-order valence-corrected chi connectivity index (χ1v) is 18.6. The first-order valence-electron chi connectivity index (χ1n) is 18.6. The van der Waals surface area contributed by atoms with Gasteiger partial charge in [-0.05, 0) is 99.4 Å². The van der Waals surface area contributed by atoms with Crippen molar-refractivity contribution in [2.24, 2.45) is 35.0 Å². The van der Waals surface area contributed by atoms with Gasteiger partial charge in [0.25, 0.3) is 0 Å². The third-order valence-electron chi connectivity index (χ3n) is 13.6. The number of nitrogens with zero attached hydrogens (tertiary/aromatic N) is 1. The summed E-state index contributed by atoms with van der Waals surface area (Å²) in [5, 5.41) is 16.2. The summed E-state index contributed by atoms with van der Waals surface area (Å²) < 4.78 is 7.27. The number of nitrogens with one attached hydrogen (secondary N) is 2. The van der Waals surface area contributed by atoms with Crippen LogP contribution in [-0.4, -0.2) is 71.9 Å². The second kappa shape index (κ2) is 13.1. The minimum atomic E-state index is -0.153. The van der Waals surface area contributed by atoms with Crippen LogP contribution in [0.15, 0.2) is 53.1 Å². The number of carbonyl (C=O) groups is 2. The Bertz CT molecular complexity index is 1410. The fourth-order valence-corrected chi connectivity index (χ4v) is 11.3. The van der Waals surface area contributed by atoms with Gasteiger partial charge < -0.3 is 20.5 Å². The molecule has 47 heavy (non-hydrogen) atoms. The number of allylic oxidation sites excluding steroid dienone is 2. The maximum Gasteiger partial charge on any atom is 0.239 e. The molecule has 4 fully saturated rings. The molecule has 1 aromatic carbocycles. The zero-order chi connectivity index (χ0) is 32.9. The van der Waals surface area contributed by atoms with Gasteiger partial charge in [0.1, 0.15) is 0 Å². The molecule has 1 spiro atoms. The van der Waals surface area contributed by atoms with Crippen molar-refractivity contribution < 1.29 is 19.4 Å². The Kier molecular flexibility index (Phi) is 9.20. The SMILES string of the molecule is CC1=C2C[C@H]3[C@@H](CC=C4C[C@@H](O)CC[C@@]43C)[C@@H]2CC[C@@]2(C1)O[C@@H]1C[C@H](C)CN(CCNC(=O)CNC(=O)Cc3ccccc3)[C@H]1[C@H]2C. The van der Waals surface area contributed by atoms with Crippen molar-refractivity contribution in [3.05, 3.63) is 58.7 Å². The predicted octanol–water partition coefficient (Wildman–Crippen LogP) is 5.58. The molecule has 6 aliphatic rings. The Morgan fingerprint density at radius 1 is 1.06 bits per heavy atom. The molecule has 1 aromatic rings. The van der Waals surface area contributed by atoms with Gasteiger partial charge in [0.05, 0.1) is 30.8 Å². The number of hydrogen-bond acceptors (Lipinski definition) is 5. The van der Waals surface area contributed by atoms with Crippen molar-refractivity contribution >= 4 is 11.8 Å². The van der Waals surface area contributed by atoms with E-state index >= 15 is 0 Å². The van der Waals surface area contributed by atoms with Crippen molar-refractivity contribution in [1.29, 1.82) is 0 Å². The molecule has 2 heterocycles. The molecule has 3 N–H and O–H groups in total. The summed E-state index contributed by atoms with van der Waals surface area (Å²) in [4.78, 5) is 27.6. The van der Waals surface area contributed by atoms with Gasteiger partial charge in [-0.15, -0.1) is 0 Å². The zero-order valence-corrected chi connectivity index (χ0v) is 29.1. The fraction of sp³-hybridized carbons (Fsp3) is 0.700. The molecule has 2 aliphatic heterocycles. The summed E-state index contributed by atoms with van der Waals surface area (Å²) >= 11 is 0. The average Bonchev–Trinajstić information content (AvgIpc) is 3.50. The highest BCUT2D eigenvalue weighted by Crippen LogP contribution is 2.63. The normalized spacial score (nSPS) is 39.7. The molecule has 2 saturated heterocycles. The monoisotopic (exact) mass is 643 g/mol. The van der Waals surface area contributed by atoms with E-state index in [1.807, 2.05) is 30.3 Å². The summed E-state index contributed by atoms with van der Waals surface area (Å²) in [6.45, 7) is 12.1. The molecule has 0 radical (unpaired) electrons. The molecule has 2 saturated carbocycles. The molecule has 10 atom stereocenters. The Labute approximate surface area is 282 Å². The molecular weight excluding hydrogens is 586 g/mol. The summed E-state index contributed by atoms with van der Waals surface area (Å²) in [5.41, 5.74) is 5.96. The maximum atomic E-state index is 12.6. The second-order valence-corrected chi connectivity index (χ2v) is 16.5. The average molecular weight is 644 g/mol. The van der Waals surface area contributed by atoms with Gasteiger partial charge in [-0.25, -0.2) is 0 Å². The zero-order valence-electron chi connectivity index (χ0n) is 29.1. The van der Waals surface area contributed by atoms with Crippen LogP contribution in [0.5, 0.6) is 0 Å². The summed E-state index contributed by atoms with van der Waals surface area (Å²) in [5.74, 6) is 2.80. The highest BCUT2D eigenvalue weighted by atomic mass is 16.5. The van der Waals surface area contributed by atoms with Crippen molar-refractivity contribution in [2.45, 2.75) is 116 Å². The number of benzene rings is 1. The quantitative estimate of drug-likeness (QED) is 0.338. The number of fused-ring (bicyclic) bond motifs is 6. The fourth-order valence-electron chi connectivity index (χ4n) is 11.3. The van der Waals surface area contributed by atoms with Crippen molar-refractivity contribution in [3.63, 3.8) is 0 Å². The third-order valence-corrected chi connectivity index (χ3v) is 13.6. The summed E-state index contributed by atoms with van der Waals surface area (Å²) in [7, 11) is 0. The third kappa shape index (κ3) is 6.25. The van der Waals surface area contributed by atoms with Crippen molar-refractivity contribution in [3.8, 4) is 0 Å². The summed E-state index contributed by atoms with van der Waals surface area (Å²) in [6, 6.07) is 9.98. The lowest BCUT2D eigenvalue weighted by Crippen LogP contribution is -2.54. The number of aliphatic hydroxyl groups is 1. The number of hydrogen-bond donors (Lipinski definition) is 3. The molecular formula is C40H57N3O4. The van der Waals surface area contributed by atoms with Gasteiger partial charge in [-0.1, -0.05) is 73.9 Å². The lowest BCUT2D eigenvalue weighted by Gasteiger charge is -2.49. The van der Waals surface area contributed by atoms with E-state index in [0.717, 1.165) is 63.1 Å². The lowest BCUT2D eigenvalue weighted by molar-refractivity contribution is -0.125. The molecule has 256 valence electrons. The smallest absolute Gasteiger partial charge is 0.239 e. The van der Waals surface area contributed by atoms with E-state index in [2.05, 4.69) is 49.3 Å². The lowest BCUT2D eigenvalue weighted by atomic mass is 9.56. The van der Waals surface area contributed by atoms with Crippen molar-refractivity contribution in [2.75, 3.05) is 26.2 Å². The first-order chi connectivity index (χ1) is 22.6. The predicted molar refractivity (Wildman–Crippen MR) is 184 cm³/mol. The van der Waals surface area contributed by atoms with Gasteiger partial charge >= 0.3 is 0 Å². The molecule has 0 unspecified atom stereocenters. The van der Waals surface area contributed by atoms with E-state index in [-0.39, 0.29) is 48.0 Å². The minimum absolute atomic E-state index is 0.00587. The number of likely N-dealkylation sites (tertiary alicyclic amines) is 1. The van der Waals surface area contributed by atoms with Gasteiger partial charge in [0, 0.05) is 31.6 Å². The molecule has 4 aliphatic carbocycles. The van der Waals surface area contributed by atoms with Crippen LogP contribution < -0.4 is 10.6 Å². The van der Waals surface area contributed by atoms with E-state index < -0.39 is 0 Å². The Balaban J connectivity index is 0.972. The maximum absolute atomic E-state index is 12.6. The topological polar surface area (TPSA) is 90.9 Å². The number of ether oxygens (including phenoxy) is 1. The molecule has 2 amide bonds. The van der Waals surface area contributed by atoms with Crippen LogP contribution in [-0.2, 0) is 20.7 Å². The van der Waals surface area contributed by atoms with Gasteiger partial charge in [-0.2, -0.15) is 0 Å². The van der Waals surface area contributed by atoms with E-state index in [1.165, 1.54) is 19.3 Å². The van der Waals surface area contributed by atoms with Crippen LogP contribution in [0.3, 0.4) is 0 Å². The largest absolute Gasteiger partial charge is 0.393 e. The van der Waals surface area contributed by atoms with Crippen molar-refractivity contribution in [1.82, 2.24) is 15.5 Å². The van der Waals surface area contributed by atoms with E-state index in [1.54, 1.807) is 16.7 Å². The first kappa shape index (κ1) is 33.0. The molecule has 0 bridgehead atoms. The van der Waals surface area contributed by atoms with E-state index in [4.69, 9.17) is 4.74 Å². The van der Waals surface area contributed by atoms with E-state index in [9.17, 15) is 14.7 Å². The Morgan fingerprint density at radius 3 is 2.68 bits per heavy atom. The number of rotatable bonds is 7. The highest BCUT2D eigenvalue weighted by Gasteiger charge is 2.59. The van der Waals surface area contributed by atoms with E-state index in [0.29, 0.717) is 36.3 Å². The molecule has 7 nitrogen and oxygen atoms in total. The Morgan fingerprint density at radius 2 is 1.87 bits per heavy atom. The van der Waals surface area contributed by atoms with Crippen LogP contribution in [0, 0.1) is 35.0 Å². The van der Waals surface area contributed by atoms with Gasteiger partial charge in [-0.3, -0.25) is 14.5 Å². The van der Waals surface area contributed by atoms with Gasteiger partial charge in [0.2, 0.25) is 11.8 Å². The number of carbonyl (C=O) groups excluding carboxylic acids is 2. The van der Waals surface area contributed by atoms with Crippen LogP contribution in [0.25, 0.3) is 0 Å². The molecule has 0 aromatic heterocycles. The minimum Gasteiger partial charge on any atom is -0.393 e. The van der Waals surface area contributed by atoms with Crippen LogP contribution in [0.2, 0.25) is 0 Å². The number of aliphatic hydroxyl groups excluding tert-OH is 1. The standard InChI is InChI=1S/C40H57N3O4/c1-25-18-35-38(43(24-25)17-16-41-37(46)23-42-36(45)19-28-8-6-5-7-9-28)27(3)40(47-35)15-13-31-32-11-10-29-20-30(44)12-14-39(29,4)34(32)21-33(31)26(2)22-40/h5-10,25,27,30-32,34-35,38,44H,11-24H2,1-4H3,(H,41,46)(H,42,45)/t25-,27+,30-,31-,32-,34-,35+,38-,39-,40-/m0/s1. The second-order valence-electron chi connectivity index (χ2n) is 16.5. The molecule has 7 heteroatoms. The highest BCUT2D eigenvalue weighted by molar-refractivity contribution is 5.85. The van der Waals surface area contributed by atoms with Crippen LogP contribution in [0.1, 0.15) is 91.0 Å². The van der Waals surface area contributed by atoms with Gasteiger partial charge in [0.15, 0.2) is 0 Å². The van der Waals surface area contributed by atoms with Crippen LogP contribution in [0.4, 0.5) is 0 Å². The Hall–Kier alpha value is -2.48. The number of piperidine rings is 1. The molecule has 7 rings (SSSR count). The number of amides is 2. The van der Waals surface area contributed by atoms with Crippen LogP contribution >= 0.6 is 0 Å².